The van der Waals surface area contributed by atoms with E-state index >= 15 is 0 Å². The van der Waals surface area contributed by atoms with Gasteiger partial charge >= 0.3 is 0 Å². The van der Waals surface area contributed by atoms with E-state index < -0.39 is 0 Å². The molecule has 0 unspecified atom stereocenters. The second kappa shape index (κ2) is 5.83. The Labute approximate surface area is 136 Å². The molecule has 0 bridgehead atoms. The Morgan fingerprint density at radius 3 is 2.87 bits per heavy atom. The number of fused-ring (bicyclic) bond motifs is 1. The first-order chi connectivity index (χ1) is 10.9. The fraction of sp³-hybridized carbons (Fsp3) is 0.588. The van der Waals surface area contributed by atoms with Crippen molar-refractivity contribution < 1.29 is 4.79 Å². The van der Waals surface area contributed by atoms with Crippen molar-refractivity contribution in [1.29, 1.82) is 0 Å². The number of hydrogen-bond donors (Lipinski definition) is 1. The van der Waals surface area contributed by atoms with E-state index in [0.29, 0.717) is 0 Å². The lowest BCUT2D eigenvalue weighted by molar-refractivity contribution is -0.140. The first-order valence-electron chi connectivity index (χ1n) is 8.21. The summed E-state index contributed by atoms with van der Waals surface area (Å²) in [5.74, 6) is 1.31. The Morgan fingerprint density at radius 1 is 1.39 bits per heavy atom. The van der Waals surface area contributed by atoms with Gasteiger partial charge in [0.2, 0.25) is 5.91 Å². The number of likely N-dealkylation sites (tertiary alicyclic amines) is 1. The van der Waals surface area contributed by atoms with E-state index in [1.165, 1.54) is 0 Å². The third-order valence-corrected chi connectivity index (χ3v) is 4.41. The van der Waals surface area contributed by atoms with Crippen LogP contribution in [0.3, 0.4) is 0 Å². The molecule has 124 valence electrons. The number of nitrogens with one attached hydrogen (secondary N) is 1. The van der Waals surface area contributed by atoms with Gasteiger partial charge in [0.05, 0.1) is 18.1 Å². The van der Waals surface area contributed by atoms with E-state index in [-0.39, 0.29) is 17.2 Å². The van der Waals surface area contributed by atoms with Crippen molar-refractivity contribution in [3.8, 4) is 0 Å². The van der Waals surface area contributed by atoms with Crippen molar-refractivity contribution >= 4 is 17.2 Å². The normalized spacial score (nSPS) is 19.1. The molecule has 3 rings (SSSR count). The molecular weight excluding hydrogens is 290 g/mol. The van der Waals surface area contributed by atoms with E-state index in [0.717, 1.165) is 43.0 Å². The molecule has 1 aliphatic rings. The average molecular weight is 315 g/mol. The zero-order valence-electron chi connectivity index (χ0n) is 14.3. The van der Waals surface area contributed by atoms with Crippen LogP contribution in [0.15, 0.2) is 18.5 Å². The van der Waals surface area contributed by atoms with Gasteiger partial charge in [-0.15, -0.1) is 0 Å². The van der Waals surface area contributed by atoms with Gasteiger partial charge in [0.1, 0.15) is 5.52 Å². The Hall–Kier alpha value is -2.11. The summed E-state index contributed by atoms with van der Waals surface area (Å²) in [7, 11) is 1.87. The summed E-state index contributed by atoms with van der Waals surface area (Å²) in [6.07, 6.45) is 5.83. The number of carbonyl (C=O) groups excluding carboxylic acids is 1. The molecule has 0 radical (unpaired) electrons. The summed E-state index contributed by atoms with van der Waals surface area (Å²) in [5, 5.41) is 7.47. The number of aromatic nitrogens is 3. The Morgan fingerprint density at radius 2 is 2.17 bits per heavy atom. The summed E-state index contributed by atoms with van der Waals surface area (Å²) in [4.78, 5) is 19.3. The Balaban J connectivity index is 1.88. The van der Waals surface area contributed by atoms with Crippen molar-refractivity contribution in [2.24, 2.45) is 5.41 Å². The molecule has 1 fully saturated rings. The van der Waals surface area contributed by atoms with Crippen molar-refractivity contribution in [2.45, 2.75) is 39.5 Å². The molecule has 6 nitrogen and oxygen atoms in total. The molecule has 0 aliphatic carbocycles. The SMILES string of the molecule is CNc1nc([C@H]2CCCN(C(=O)C(C)(C)C)C2)cn2nccc12. The van der Waals surface area contributed by atoms with Gasteiger partial charge in [-0.05, 0) is 18.9 Å². The second-order valence-electron chi connectivity index (χ2n) is 7.27. The topological polar surface area (TPSA) is 62.5 Å². The summed E-state index contributed by atoms with van der Waals surface area (Å²) >= 11 is 0. The van der Waals surface area contributed by atoms with E-state index in [1.807, 2.05) is 49.5 Å². The van der Waals surface area contributed by atoms with Crippen molar-refractivity contribution in [1.82, 2.24) is 19.5 Å². The predicted molar refractivity (Wildman–Crippen MR) is 90.5 cm³/mol. The van der Waals surface area contributed by atoms with Crippen LogP contribution < -0.4 is 5.32 Å². The summed E-state index contributed by atoms with van der Waals surface area (Å²) in [5.41, 5.74) is 1.63. The van der Waals surface area contributed by atoms with Crippen molar-refractivity contribution in [3.05, 3.63) is 24.2 Å². The molecule has 3 heterocycles. The van der Waals surface area contributed by atoms with Crippen LogP contribution in [0.5, 0.6) is 0 Å². The highest BCUT2D eigenvalue weighted by Gasteiger charge is 2.32. The number of hydrogen-bond acceptors (Lipinski definition) is 4. The van der Waals surface area contributed by atoms with E-state index in [1.54, 1.807) is 6.20 Å². The molecule has 23 heavy (non-hydrogen) atoms. The lowest BCUT2D eigenvalue weighted by Crippen LogP contribution is -2.44. The van der Waals surface area contributed by atoms with Crippen LogP contribution in [0.4, 0.5) is 5.82 Å². The molecule has 1 saturated heterocycles. The smallest absolute Gasteiger partial charge is 0.227 e. The number of nitrogens with zero attached hydrogens (tertiary/aromatic N) is 4. The van der Waals surface area contributed by atoms with Crippen LogP contribution in [-0.4, -0.2) is 45.5 Å². The fourth-order valence-electron chi connectivity index (χ4n) is 3.20. The van der Waals surface area contributed by atoms with Crippen molar-refractivity contribution in [3.63, 3.8) is 0 Å². The van der Waals surface area contributed by atoms with Crippen LogP contribution in [0.25, 0.3) is 5.52 Å². The standard InChI is InChI=1S/C17H25N5O/c1-17(2,3)16(23)21-9-5-6-12(10-21)13-11-22-14(7-8-19-22)15(18-4)20-13/h7-8,11-12H,5-6,9-10H2,1-4H3,(H,18,20)/t12-/m0/s1. The van der Waals surface area contributed by atoms with Crippen LogP contribution in [0, 0.1) is 5.41 Å². The molecule has 0 aromatic carbocycles. The zero-order valence-corrected chi connectivity index (χ0v) is 14.3. The number of anilines is 1. The van der Waals surface area contributed by atoms with Crippen LogP contribution in [0.1, 0.15) is 45.2 Å². The third-order valence-electron chi connectivity index (χ3n) is 4.41. The maximum atomic E-state index is 12.6. The minimum absolute atomic E-state index is 0.219. The minimum atomic E-state index is -0.336. The molecule has 2 aromatic rings. The van der Waals surface area contributed by atoms with E-state index in [9.17, 15) is 4.79 Å². The molecule has 0 spiro atoms. The molecular formula is C17H25N5O. The second-order valence-corrected chi connectivity index (χ2v) is 7.27. The molecule has 6 heteroatoms. The highest BCUT2D eigenvalue weighted by atomic mass is 16.2. The lowest BCUT2D eigenvalue weighted by atomic mass is 9.90. The minimum Gasteiger partial charge on any atom is -0.371 e. The highest BCUT2D eigenvalue weighted by molar-refractivity contribution is 5.81. The van der Waals surface area contributed by atoms with Crippen LogP contribution in [0.2, 0.25) is 0 Å². The van der Waals surface area contributed by atoms with Crippen LogP contribution >= 0.6 is 0 Å². The maximum absolute atomic E-state index is 12.6. The fourth-order valence-corrected chi connectivity index (χ4v) is 3.20. The summed E-state index contributed by atoms with van der Waals surface area (Å²) in [6, 6.07) is 1.94. The molecule has 1 N–H and O–H groups in total. The molecule has 2 aromatic heterocycles. The van der Waals surface area contributed by atoms with Gasteiger partial charge in [-0.2, -0.15) is 5.10 Å². The number of carbonyl (C=O) groups is 1. The van der Waals surface area contributed by atoms with E-state index in [4.69, 9.17) is 4.98 Å². The largest absolute Gasteiger partial charge is 0.371 e. The van der Waals surface area contributed by atoms with Crippen LogP contribution in [-0.2, 0) is 4.79 Å². The quantitative estimate of drug-likeness (QED) is 0.925. The van der Waals surface area contributed by atoms with Gasteiger partial charge in [-0.1, -0.05) is 20.8 Å². The van der Waals surface area contributed by atoms with Gasteiger partial charge in [0, 0.05) is 31.5 Å². The Kier molecular flexibility index (Phi) is 4.00. The maximum Gasteiger partial charge on any atom is 0.227 e. The highest BCUT2D eigenvalue weighted by Crippen LogP contribution is 2.30. The lowest BCUT2D eigenvalue weighted by Gasteiger charge is -2.36. The molecule has 0 saturated carbocycles. The molecule has 1 aliphatic heterocycles. The number of piperidine rings is 1. The average Bonchev–Trinajstić information content (AvgIpc) is 3.01. The summed E-state index contributed by atoms with van der Waals surface area (Å²) < 4.78 is 1.86. The first kappa shape index (κ1) is 15.8. The van der Waals surface area contributed by atoms with Gasteiger partial charge in [-0.25, -0.2) is 9.50 Å². The molecule has 1 atom stereocenters. The van der Waals surface area contributed by atoms with Gasteiger partial charge in [0.15, 0.2) is 5.82 Å². The third kappa shape index (κ3) is 3.02. The molecule has 1 amide bonds. The Bertz CT molecular complexity index is 715. The van der Waals surface area contributed by atoms with E-state index in [2.05, 4.69) is 10.4 Å². The predicted octanol–water partition coefficient (Wildman–Crippen LogP) is 2.52. The summed E-state index contributed by atoms with van der Waals surface area (Å²) in [6.45, 7) is 7.51. The monoisotopic (exact) mass is 315 g/mol. The first-order valence-corrected chi connectivity index (χ1v) is 8.21. The number of rotatable bonds is 2. The van der Waals surface area contributed by atoms with Gasteiger partial charge < -0.3 is 10.2 Å². The number of amides is 1. The van der Waals surface area contributed by atoms with Crippen molar-refractivity contribution in [2.75, 3.05) is 25.5 Å². The van der Waals surface area contributed by atoms with Gasteiger partial charge in [-0.3, -0.25) is 4.79 Å². The zero-order chi connectivity index (χ0) is 16.6. The van der Waals surface area contributed by atoms with Gasteiger partial charge in [0.25, 0.3) is 0 Å².